The summed E-state index contributed by atoms with van der Waals surface area (Å²) in [5.41, 5.74) is 0. The summed E-state index contributed by atoms with van der Waals surface area (Å²) in [4.78, 5) is 72.0. The number of hydrogen-bond acceptors (Lipinski definition) is 15. The number of phosphoric acid groups is 2. The lowest BCUT2D eigenvalue weighted by Gasteiger charge is -2.21. The highest BCUT2D eigenvalue weighted by Crippen LogP contribution is 2.45. The third-order valence-corrected chi connectivity index (χ3v) is 16.1. The smallest absolute Gasteiger partial charge is 0.462 e. The lowest BCUT2D eigenvalue weighted by atomic mass is 10.0. The van der Waals surface area contributed by atoms with Crippen molar-refractivity contribution in [3.05, 3.63) is 0 Å². The number of aliphatic hydroxyl groups excluding tert-OH is 1. The Morgan fingerprint density at radius 2 is 0.568 bits per heavy atom. The van der Waals surface area contributed by atoms with Crippen LogP contribution in [-0.4, -0.2) is 96.7 Å². The fourth-order valence-corrected chi connectivity index (χ4v) is 10.8. The summed E-state index contributed by atoms with van der Waals surface area (Å²) in [6.07, 6.45) is 36.4. The topological polar surface area (TPSA) is 237 Å². The van der Waals surface area contributed by atoms with Crippen LogP contribution in [0.5, 0.6) is 0 Å². The van der Waals surface area contributed by atoms with Gasteiger partial charge in [0.2, 0.25) is 0 Å². The van der Waals surface area contributed by atoms with Crippen LogP contribution in [0.4, 0.5) is 0 Å². The summed E-state index contributed by atoms with van der Waals surface area (Å²) < 4.78 is 67.8. The molecule has 0 saturated carbocycles. The first kappa shape index (κ1) is 79.1. The Balaban J connectivity index is 5.21. The molecule has 5 atom stereocenters. The zero-order valence-corrected chi connectivity index (χ0v) is 53.9. The van der Waals surface area contributed by atoms with E-state index in [9.17, 15) is 43.2 Å². The molecule has 3 N–H and O–H groups in total. The molecule has 0 aliphatic carbocycles. The van der Waals surface area contributed by atoms with Gasteiger partial charge < -0.3 is 33.8 Å². The van der Waals surface area contributed by atoms with E-state index >= 15 is 0 Å². The standard InChI is InChI=1S/C62H120O17P2/c1-7-9-11-13-15-16-18-22-26-33-39-45-60(65)73-51-57(78-61(66)46-40-34-27-23-20-17-19-21-25-30-36-42-54(3)4)52-76-80(68,69)74-48-56(63)49-75-81(70,71)77-53-58(50-72-59(64)44-38-32-24-14-12-10-8-2)79-62(67)47-41-35-29-28-31-37-43-55(5)6/h54-58,63H,7-53H2,1-6H3,(H,68,69)(H,70,71)/t56-,57-,58-/m1/s1. The molecule has 0 aromatic heterocycles. The van der Waals surface area contributed by atoms with Crippen LogP contribution in [-0.2, 0) is 65.4 Å². The van der Waals surface area contributed by atoms with Crippen molar-refractivity contribution >= 4 is 39.5 Å². The molecule has 480 valence electrons. The van der Waals surface area contributed by atoms with Gasteiger partial charge in [-0.3, -0.25) is 37.3 Å². The maximum absolute atomic E-state index is 13.0. The van der Waals surface area contributed by atoms with Crippen LogP contribution in [0.1, 0.15) is 305 Å². The van der Waals surface area contributed by atoms with Crippen LogP contribution in [0.3, 0.4) is 0 Å². The highest BCUT2D eigenvalue weighted by Gasteiger charge is 2.30. The second-order valence-corrected chi connectivity index (χ2v) is 26.3. The third kappa shape index (κ3) is 56.9. The largest absolute Gasteiger partial charge is 0.472 e. The minimum absolute atomic E-state index is 0.102. The van der Waals surface area contributed by atoms with Crippen molar-refractivity contribution in [3.63, 3.8) is 0 Å². The lowest BCUT2D eigenvalue weighted by molar-refractivity contribution is -0.161. The van der Waals surface area contributed by atoms with E-state index < -0.39 is 97.5 Å². The van der Waals surface area contributed by atoms with Crippen molar-refractivity contribution < 1.29 is 80.2 Å². The number of esters is 4. The van der Waals surface area contributed by atoms with Gasteiger partial charge >= 0.3 is 39.5 Å². The lowest BCUT2D eigenvalue weighted by Crippen LogP contribution is -2.30. The normalized spacial score (nSPS) is 14.4. The molecule has 0 heterocycles. The Hall–Kier alpha value is -1.94. The van der Waals surface area contributed by atoms with Crippen molar-refractivity contribution in [2.45, 2.75) is 323 Å². The first-order valence-electron chi connectivity index (χ1n) is 32.5. The number of ether oxygens (including phenoxy) is 4. The number of unbranched alkanes of at least 4 members (excludes halogenated alkanes) is 31. The molecule has 0 fully saturated rings. The summed E-state index contributed by atoms with van der Waals surface area (Å²) in [6, 6.07) is 0. The van der Waals surface area contributed by atoms with Crippen LogP contribution in [0, 0.1) is 11.8 Å². The number of hydrogen-bond donors (Lipinski definition) is 3. The number of aliphatic hydroxyl groups is 1. The zero-order chi connectivity index (χ0) is 60.1. The molecule has 0 aromatic carbocycles. The van der Waals surface area contributed by atoms with Gasteiger partial charge in [0.1, 0.15) is 19.3 Å². The summed E-state index contributed by atoms with van der Waals surface area (Å²) in [7, 11) is -9.88. The quantitative estimate of drug-likeness (QED) is 0.0222. The molecular formula is C62H120O17P2. The maximum Gasteiger partial charge on any atom is 0.472 e. The van der Waals surface area contributed by atoms with Gasteiger partial charge in [0.25, 0.3) is 0 Å². The average molecular weight is 1200 g/mol. The molecule has 0 rings (SSSR count). The van der Waals surface area contributed by atoms with E-state index in [1.165, 1.54) is 109 Å². The van der Waals surface area contributed by atoms with E-state index in [2.05, 4.69) is 41.5 Å². The van der Waals surface area contributed by atoms with Gasteiger partial charge in [0.15, 0.2) is 12.2 Å². The molecule has 81 heavy (non-hydrogen) atoms. The van der Waals surface area contributed by atoms with Gasteiger partial charge in [0.05, 0.1) is 26.4 Å². The minimum atomic E-state index is -4.94. The van der Waals surface area contributed by atoms with Gasteiger partial charge in [-0.05, 0) is 37.5 Å². The van der Waals surface area contributed by atoms with Gasteiger partial charge in [0, 0.05) is 25.7 Å². The van der Waals surface area contributed by atoms with E-state index in [0.717, 1.165) is 109 Å². The molecular weight excluding hydrogens is 1080 g/mol. The third-order valence-electron chi connectivity index (χ3n) is 14.2. The van der Waals surface area contributed by atoms with Crippen LogP contribution in [0.2, 0.25) is 0 Å². The minimum Gasteiger partial charge on any atom is -0.462 e. The fraction of sp³-hybridized carbons (Fsp3) is 0.935. The van der Waals surface area contributed by atoms with Crippen molar-refractivity contribution in [1.82, 2.24) is 0 Å². The number of rotatable bonds is 61. The van der Waals surface area contributed by atoms with Crippen LogP contribution < -0.4 is 0 Å². The first-order valence-corrected chi connectivity index (χ1v) is 35.5. The Bertz CT molecular complexity index is 1600. The molecule has 0 amide bonds. The monoisotopic (exact) mass is 1200 g/mol. The highest BCUT2D eigenvalue weighted by atomic mass is 31.2. The molecule has 19 heteroatoms. The Kier molecular flexibility index (Phi) is 53.4. The Labute approximate surface area is 492 Å². The Morgan fingerprint density at radius 1 is 0.333 bits per heavy atom. The summed E-state index contributed by atoms with van der Waals surface area (Å²) >= 11 is 0. The van der Waals surface area contributed by atoms with Crippen molar-refractivity contribution in [2.75, 3.05) is 39.6 Å². The van der Waals surface area contributed by atoms with Crippen LogP contribution >= 0.6 is 15.6 Å². The second-order valence-electron chi connectivity index (χ2n) is 23.4. The zero-order valence-electron chi connectivity index (χ0n) is 52.1. The molecule has 0 bridgehead atoms. The Morgan fingerprint density at radius 3 is 0.840 bits per heavy atom. The molecule has 0 aliphatic rings. The molecule has 0 aliphatic heterocycles. The maximum atomic E-state index is 13.0. The highest BCUT2D eigenvalue weighted by molar-refractivity contribution is 7.47. The number of carbonyl (C=O) groups excluding carboxylic acids is 4. The van der Waals surface area contributed by atoms with Gasteiger partial charge in [-0.15, -0.1) is 0 Å². The summed E-state index contributed by atoms with van der Waals surface area (Å²) in [5.74, 6) is -0.709. The van der Waals surface area contributed by atoms with Crippen molar-refractivity contribution in [1.29, 1.82) is 0 Å². The summed E-state index contributed by atoms with van der Waals surface area (Å²) in [6.45, 7) is 9.34. The molecule has 17 nitrogen and oxygen atoms in total. The van der Waals surface area contributed by atoms with E-state index in [1.807, 2.05) is 0 Å². The molecule has 0 saturated heterocycles. The van der Waals surface area contributed by atoms with Gasteiger partial charge in [-0.2, -0.15) is 0 Å². The molecule has 0 aromatic rings. The predicted molar refractivity (Wildman–Crippen MR) is 321 cm³/mol. The van der Waals surface area contributed by atoms with E-state index in [4.69, 9.17) is 37.0 Å². The van der Waals surface area contributed by atoms with Crippen LogP contribution in [0.25, 0.3) is 0 Å². The second kappa shape index (κ2) is 54.7. The molecule has 0 spiro atoms. The molecule has 0 radical (unpaired) electrons. The molecule has 2 unspecified atom stereocenters. The SMILES string of the molecule is CCCCCCCCCCCCCC(=O)OC[C@H](COP(=O)(O)OC[C@@H](O)COP(=O)(O)OC[C@@H](COC(=O)CCCCCCCCC)OC(=O)CCCCCCCCC(C)C)OC(=O)CCCCCCCCCCCCCC(C)C. The van der Waals surface area contributed by atoms with E-state index in [0.29, 0.717) is 31.6 Å². The van der Waals surface area contributed by atoms with Crippen LogP contribution in [0.15, 0.2) is 0 Å². The number of phosphoric ester groups is 2. The van der Waals surface area contributed by atoms with Crippen molar-refractivity contribution in [2.24, 2.45) is 11.8 Å². The van der Waals surface area contributed by atoms with E-state index in [-0.39, 0.29) is 25.7 Å². The first-order chi connectivity index (χ1) is 38.9. The average Bonchev–Trinajstić information content (AvgIpc) is 3.42. The summed E-state index contributed by atoms with van der Waals surface area (Å²) in [5, 5.41) is 10.5. The fourth-order valence-electron chi connectivity index (χ4n) is 9.18. The van der Waals surface area contributed by atoms with Crippen molar-refractivity contribution in [3.8, 4) is 0 Å². The van der Waals surface area contributed by atoms with E-state index in [1.54, 1.807) is 0 Å². The number of carbonyl (C=O) groups is 4. The van der Waals surface area contributed by atoms with Gasteiger partial charge in [-0.25, -0.2) is 9.13 Å². The predicted octanol–water partition coefficient (Wildman–Crippen LogP) is 16.9. The van der Waals surface area contributed by atoms with Gasteiger partial charge in [-0.1, -0.05) is 253 Å².